The molecule has 18 heavy (non-hydrogen) atoms. The quantitative estimate of drug-likeness (QED) is 0.560. The maximum absolute atomic E-state index is 11.4. The fourth-order valence-corrected chi connectivity index (χ4v) is 1.08. The summed E-state index contributed by atoms with van der Waals surface area (Å²) in [5.74, 6) is -1.29. The third-order valence-electron chi connectivity index (χ3n) is 1.87. The van der Waals surface area contributed by atoms with Gasteiger partial charge in [-0.3, -0.25) is 9.59 Å². The predicted octanol–water partition coefficient (Wildman–Crippen LogP) is 0.0635. The van der Waals surface area contributed by atoms with E-state index in [-0.39, 0.29) is 24.4 Å². The van der Waals surface area contributed by atoms with Gasteiger partial charge in [-0.05, 0) is 27.7 Å². The highest BCUT2D eigenvalue weighted by molar-refractivity contribution is 5.82. The van der Waals surface area contributed by atoms with E-state index in [1.54, 1.807) is 0 Å². The molecular weight excluding hydrogens is 238 g/mol. The molecule has 0 aliphatic carbocycles. The molecule has 104 valence electrons. The number of carbonyl (C=O) groups is 3. The van der Waals surface area contributed by atoms with E-state index >= 15 is 0 Å². The van der Waals surface area contributed by atoms with Crippen molar-refractivity contribution in [2.24, 2.45) is 0 Å². The lowest BCUT2D eigenvalue weighted by Gasteiger charge is -2.20. The van der Waals surface area contributed by atoms with E-state index in [4.69, 9.17) is 5.11 Å². The normalized spacial score (nSPS) is 12.4. The van der Waals surface area contributed by atoms with E-state index in [1.165, 1.54) is 6.92 Å². The van der Waals surface area contributed by atoms with E-state index in [0.29, 0.717) is 0 Å². The zero-order valence-electron chi connectivity index (χ0n) is 11.2. The highest BCUT2D eigenvalue weighted by Crippen LogP contribution is 1.98. The summed E-state index contributed by atoms with van der Waals surface area (Å²) in [6, 6.07) is -1.57. The van der Waals surface area contributed by atoms with Crippen LogP contribution in [0, 0.1) is 0 Å². The molecule has 0 saturated carbocycles. The summed E-state index contributed by atoms with van der Waals surface area (Å²) in [4.78, 5) is 33.1. The van der Waals surface area contributed by atoms with Gasteiger partial charge >= 0.3 is 12.0 Å². The van der Waals surface area contributed by atoms with Crippen molar-refractivity contribution in [3.05, 3.63) is 0 Å². The average Bonchev–Trinajstić information content (AvgIpc) is 2.14. The van der Waals surface area contributed by atoms with Crippen molar-refractivity contribution in [1.29, 1.82) is 0 Å². The molecule has 0 aromatic carbocycles. The van der Waals surface area contributed by atoms with Crippen molar-refractivity contribution in [3.63, 3.8) is 0 Å². The molecule has 0 aromatic heterocycles. The molecule has 0 aliphatic rings. The number of hydrogen-bond donors (Lipinski definition) is 4. The highest BCUT2D eigenvalue weighted by Gasteiger charge is 2.15. The van der Waals surface area contributed by atoms with E-state index in [2.05, 4.69) is 16.0 Å². The SMILES string of the molecule is C[C@H](NC(=O)NCCC(=O)NC(C)(C)C)C(=O)O. The minimum atomic E-state index is -1.12. The second-order valence-corrected chi connectivity index (χ2v) is 5.01. The first-order chi connectivity index (χ1) is 8.11. The molecule has 1 atom stereocenters. The lowest BCUT2D eigenvalue weighted by Crippen LogP contribution is -2.46. The van der Waals surface area contributed by atoms with Gasteiger partial charge in [0.2, 0.25) is 5.91 Å². The van der Waals surface area contributed by atoms with Gasteiger partial charge in [-0.2, -0.15) is 0 Å². The number of nitrogens with one attached hydrogen (secondary N) is 3. The van der Waals surface area contributed by atoms with Crippen LogP contribution in [0.2, 0.25) is 0 Å². The van der Waals surface area contributed by atoms with Gasteiger partial charge in [0.15, 0.2) is 0 Å². The van der Waals surface area contributed by atoms with Gasteiger partial charge < -0.3 is 21.1 Å². The Hall–Kier alpha value is -1.79. The largest absolute Gasteiger partial charge is 0.480 e. The van der Waals surface area contributed by atoms with Crippen LogP contribution in [0.5, 0.6) is 0 Å². The maximum Gasteiger partial charge on any atom is 0.325 e. The first-order valence-corrected chi connectivity index (χ1v) is 5.70. The van der Waals surface area contributed by atoms with Gasteiger partial charge in [0.1, 0.15) is 6.04 Å². The summed E-state index contributed by atoms with van der Waals surface area (Å²) in [6.07, 6.45) is 0.145. The number of carboxylic acid groups (broad SMARTS) is 1. The Morgan fingerprint density at radius 3 is 2.22 bits per heavy atom. The second-order valence-electron chi connectivity index (χ2n) is 5.01. The molecule has 0 spiro atoms. The number of rotatable bonds is 5. The fraction of sp³-hybridized carbons (Fsp3) is 0.727. The molecule has 4 N–H and O–H groups in total. The molecule has 0 aliphatic heterocycles. The van der Waals surface area contributed by atoms with Gasteiger partial charge in [0.25, 0.3) is 0 Å². The van der Waals surface area contributed by atoms with Crippen LogP contribution in [0.1, 0.15) is 34.1 Å². The molecule has 0 rings (SSSR count). The van der Waals surface area contributed by atoms with E-state index < -0.39 is 18.0 Å². The summed E-state index contributed by atoms with van der Waals surface area (Å²) in [5.41, 5.74) is -0.308. The van der Waals surface area contributed by atoms with Crippen LogP contribution in [-0.4, -0.2) is 41.1 Å². The third kappa shape index (κ3) is 8.37. The zero-order valence-corrected chi connectivity index (χ0v) is 11.2. The summed E-state index contributed by atoms with van der Waals surface area (Å²) < 4.78 is 0. The van der Waals surface area contributed by atoms with Crippen molar-refractivity contribution in [2.45, 2.75) is 45.7 Å². The van der Waals surface area contributed by atoms with Crippen LogP contribution in [0.3, 0.4) is 0 Å². The maximum atomic E-state index is 11.4. The molecule has 0 heterocycles. The summed E-state index contributed by atoms with van der Waals surface area (Å²) in [6.45, 7) is 7.09. The van der Waals surface area contributed by atoms with Gasteiger partial charge in [-0.15, -0.1) is 0 Å². The second kappa shape index (κ2) is 6.83. The zero-order chi connectivity index (χ0) is 14.3. The lowest BCUT2D eigenvalue weighted by molar-refractivity contribution is -0.138. The monoisotopic (exact) mass is 259 g/mol. The minimum absolute atomic E-state index is 0.145. The molecular formula is C11H21N3O4. The van der Waals surface area contributed by atoms with Crippen molar-refractivity contribution < 1.29 is 19.5 Å². The van der Waals surface area contributed by atoms with Gasteiger partial charge in [-0.1, -0.05) is 0 Å². The number of hydrogen-bond acceptors (Lipinski definition) is 3. The average molecular weight is 259 g/mol. The Balaban J connectivity index is 3.82. The van der Waals surface area contributed by atoms with Crippen LogP contribution >= 0.6 is 0 Å². The highest BCUT2D eigenvalue weighted by atomic mass is 16.4. The Morgan fingerprint density at radius 2 is 1.78 bits per heavy atom. The summed E-state index contributed by atoms with van der Waals surface area (Å²) in [7, 11) is 0. The smallest absolute Gasteiger partial charge is 0.325 e. The molecule has 0 saturated heterocycles. The first-order valence-electron chi connectivity index (χ1n) is 5.70. The number of carbonyl (C=O) groups excluding carboxylic acids is 2. The molecule has 3 amide bonds. The standard InChI is InChI=1S/C11H21N3O4/c1-7(9(16)17)13-10(18)12-6-5-8(15)14-11(2,3)4/h7H,5-6H2,1-4H3,(H,14,15)(H,16,17)(H2,12,13,18)/t7-/m0/s1. The van der Waals surface area contributed by atoms with Crippen molar-refractivity contribution in [3.8, 4) is 0 Å². The van der Waals surface area contributed by atoms with E-state index in [0.717, 1.165) is 0 Å². The number of urea groups is 1. The van der Waals surface area contributed by atoms with Crippen LogP contribution in [-0.2, 0) is 9.59 Å². The van der Waals surface area contributed by atoms with Crippen molar-refractivity contribution in [1.82, 2.24) is 16.0 Å². The van der Waals surface area contributed by atoms with Crippen LogP contribution in [0.4, 0.5) is 4.79 Å². The number of aliphatic carboxylic acids is 1. The van der Waals surface area contributed by atoms with Crippen LogP contribution in [0.25, 0.3) is 0 Å². The van der Waals surface area contributed by atoms with E-state index in [1.807, 2.05) is 20.8 Å². The molecule has 0 unspecified atom stereocenters. The number of carboxylic acids is 1. The third-order valence-corrected chi connectivity index (χ3v) is 1.87. The van der Waals surface area contributed by atoms with E-state index in [9.17, 15) is 14.4 Å². The van der Waals surface area contributed by atoms with Crippen molar-refractivity contribution in [2.75, 3.05) is 6.54 Å². The van der Waals surface area contributed by atoms with Crippen LogP contribution in [0.15, 0.2) is 0 Å². The summed E-state index contributed by atoms with van der Waals surface area (Å²) in [5, 5.41) is 15.9. The summed E-state index contributed by atoms with van der Waals surface area (Å²) >= 11 is 0. The Bertz CT molecular complexity index is 323. The van der Waals surface area contributed by atoms with Crippen molar-refractivity contribution >= 4 is 17.9 Å². The Morgan fingerprint density at radius 1 is 1.22 bits per heavy atom. The molecule has 0 fully saturated rings. The van der Waals surface area contributed by atoms with Crippen LogP contribution < -0.4 is 16.0 Å². The molecule has 7 heteroatoms. The molecule has 0 aromatic rings. The topological polar surface area (TPSA) is 108 Å². The fourth-order valence-electron chi connectivity index (χ4n) is 1.08. The molecule has 0 bridgehead atoms. The Kier molecular flexibility index (Phi) is 6.15. The van der Waals surface area contributed by atoms with Gasteiger partial charge in [-0.25, -0.2) is 4.79 Å². The first kappa shape index (κ1) is 16.2. The molecule has 7 nitrogen and oxygen atoms in total. The lowest BCUT2D eigenvalue weighted by atomic mass is 10.1. The Labute approximate surface area is 106 Å². The van der Waals surface area contributed by atoms with Gasteiger partial charge in [0.05, 0.1) is 0 Å². The number of amides is 3. The van der Waals surface area contributed by atoms with Gasteiger partial charge in [0, 0.05) is 18.5 Å². The minimum Gasteiger partial charge on any atom is -0.480 e. The predicted molar refractivity (Wildman–Crippen MR) is 66.1 cm³/mol. The molecule has 0 radical (unpaired) electrons.